The summed E-state index contributed by atoms with van der Waals surface area (Å²) in [6.45, 7) is 6.52. The van der Waals surface area contributed by atoms with Gasteiger partial charge >= 0.3 is 0 Å². The van der Waals surface area contributed by atoms with Crippen molar-refractivity contribution in [2.24, 2.45) is 0 Å². The number of para-hydroxylation sites is 3. The molecule has 3 unspecified atom stereocenters. The van der Waals surface area contributed by atoms with Crippen LogP contribution in [0.2, 0.25) is 0 Å². The van der Waals surface area contributed by atoms with Crippen molar-refractivity contribution in [3.63, 3.8) is 0 Å². The first-order chi connectivity index (χ1) is 38.0. The van der Waals surface area contributed by atoms with Crippen LogP contribution in [0.1, 0.15) is 43.4 Å². The van der Waals surface area contributed by atoms with Crippen LogP contribution in [0, 0.1) is 0 Å². The molecule has 0 aromatic heterocycles. The van der Waals surface area contributed by atoms with Gasteiger partial charge in [0.25, 0.3) is 0 Å². The average molecular weight is 995 g/mol. The van der Waals surface area contributed by atoms with Gasteiger partial charge in [-0.15, -0.1) is 0 Å². The fraction of sp³-hybridized carbons (Fsp3) is 0.0959. The summed E-state index contributed by atoms with van der Waals surface area (Å²) < 4.78 is 0. The fourth-order valence-electron chi connectivity index (χ4n) is 11.4. The fourth-order valence-corrected chi connectivity index (χ4v) is 11.4. The first-order valence-corrected chi connectivity index (χ1v) is 27.0. The second-order valence-corrected chi connectivity index (χ2v) is 20.1. The number of benzene rings is 9. The number of hydrogen-bond acceptors (Lipinski definition) is 4. The second kappa shape index (κ2) is 21.8. The van der Waals surface area contributed by atoms with Crippen LogP contribution in [0.15, 0.2) is 297 Å². The van der Waals surface area contributed by atoms with Crippen LogP contribution in [-0.4, -0.2) is 12.1 Å². The minimum atomic E-state index is 0.0881. The molecule has 77 heavy (non-hydrogen) atoms. The molecule has 0 amide bonds. The molecule has 0 radical (unpaired) electrons. The highest BCUT2D eigenvalue weighted by Crippen LogP contribution is 2.50. The van der Waals surface area contributed by atoms with E-state index in [1.165, 1.54) is 56.1 Å². The molecule has 0 N–H and O–H groups in total. The molecule has 3 atom stereocenters. The zero-order valence-electron chi connectivity index (χ0n) is 43.9. The Hall–Kier alpha value is -9.38. The molecule has 0 fully saturated rings. The summed E-state index contributed by atoms with van der Waals surface area (Å²) in [6.07, 6.45) is 23.3. The largest absolute Gasteiger partial charge is 0.335 e. The van der Waals surface area contributed by atoms with E-state index in [0.717, 1.165) is 51.7 Å². The first kappa shape index (κ1) is 48.6. The molecule has 2 aliphatic heterocycles. The van der Waals surface area contributed by atoms with E-state index in [1.807, 2.05) is 0 Å². The minimum absolute atomic E-state index is 0.0881. The van der Waals surface area contributed by atoms with Crippen molar-refractivity contribution in [2.75, 3.05) is 19.6 Å². The summed E-state index contributed by atoms with van der Waals surface area (Å²) in [7, 11) is 0. The first-order valence-electron chi connectivity index (χ1n) is 27.0. The lowest BCUT2D eigenvalue weighted by atomic mass is 9.91. The van der Waals surface area contributed by atoms with Crippen molar-refractivity contribution in [2.45, 2.75) is 45.2 Å². The van der Waals surface area contributed by atoms with Gasteiger partial charge in [-0.05, 0) is 175 Å². The Labute approximate surface area is 455 Å². The number of anilines is 9. The molecule has 0 saturated heterocycles. The highest BCUT2D eigenvalue weighted by molar-refractivity contribution is 5.85. The molecule has 9 aromatic rings. The maximum Gasteiger partial charge on any atom is 0.0629 e. The molecule has 0 bridgehead atoms. The molecule has 12 rings (SSSR count). The third kappa shape index (κ3) is 9.90. The molecule has 4 nitrogen and oxygen atoms in total. The van der Waals surface area contributed by atoms with E-state index in [1.54, 1.807) is 0 Å². The summed E-state index contributed by atoms with van der Waals surface area (Å²) in [5.74, 6) is 0.238. The van der Waals surface area contributed by atoms with Crippen molar-refractivity contribution in [3.05, 3.63) is 314 Å². The van der Waals surface area contributed by atoms with Gasteiger partial charge in [0, 0.05) is 68.8 Å². The van der Waals surface area contributed by atoms with Gasteiger partial charge in [-0.1, -0.05) is 188 Å². The Kier molecular flexibility index (Phi) is 13.8. The minimum Gasteiger partial charge on any atom is -0.335 e. The van der Waals surface area contributed by atoms with E-state index in [0.29, 0.717) is 0 Å². The SMILES string of the molecule is C/C=C\C=C(/C)c1ccc(N(C2=CCc3ccccc3N(c3ccccc3)C(C)C=C2)c2ccc(-c3ccc(N(c4ccc(-c5ccccc5)cc4)c4ccc5c(c4)C4C=CC=CC4N5c4ccccc4)cc3)cc2)cc1. The van der Waals surface area contributed by atoms with Gasteiger partial charge in [0.2, 0.25) is 0 Å². The molecule has 374 valence electrons. The molecular weight excluding hydrogens is 933 g/mol. The highest BCUT2D eigenvalue weighted by atomic mass is 15.2. The molecule has 0 spiro atoms. The monoisotopic (exact) mass is 994 g/mol. The topological polar surface area (TPSA) is 13.0 Å². The van der Waals surface area contributed by atoms with Gasteiger partial charge in [-0.25, -0.2) is 0 Å². The Morgan fingerprint density at radius 2 is 0.987 bits per heavy atom. The Balaban J connectivity index is 0.897. The zero-order chi connectivity index (χ0) is 52.1. The van der Waals surface area contributed by atoms with E-state index in [2.05, 4.69) is 332 Å². The zero-order valence-corrected chi connectivity index (χ0v) is 43.9. The number of nitrogens with zero attached hydrogens (tertiary/aromatic N) is 4. The quantitative estimate of drug-likeness (QED) is 0.113. The van der Waals surface area contributed by atoms with Crippen LogP contribution in [0.25, 0.3) is 27.8 Å². The van der Waals surface area contributed by atoms with E-state index >= 15 is 0 Å². The number of hydrogen-bond donors (Lipinski definition) is 0. The number of allylic oxidation sites excluding steroid dienone is 8. The molecule has 4 heteroatoms. The van der Waals surface area contributed by atoms with Crippen molar-refractivity contribution in [1.29, 1.82) is 0 Å². The van der Waals surface area contributed by atoms with E-state index in [-0.39, 0.29) is 18.0 Å². The van der Waals surface area contributed by atoms with Crippen LogP contribution >= 0.6 is 0 Å². The normalized spacial score (nSPS) is 16.7. The lowest BCUT2D eigenvalue weighted by molar-refractivity contribution is 0.745. The average Bonchev–Trinajstić information content (AvgIpc) is 3.86. The third-order valence-electron chi connectivity index (χ3n) is 15.3. The Bertz CT molecular complexity index is 3680. The third-order valence-corrected chi connectivity index (χ3v) is 15.3. The highest BCUT2D eigenvalue weighted by Gasteiger charge is 2.38. The Morgan fingerprint density at radius 3 is 1.60 bits per heavy atom. The van der Waals surface area contributed by atoms with Gasteiger partial charge in [0.15, 0.2) is 0 Å². The maximum atomic E-state index is 2.50. The van der Waals surface area contributed by atoms with Crippen molar-refractivity contribution in [3.8, 4) is 22.3 Å². The molecule has 2 heterocycles. The van der Waals surface area contributed by atoms with Crippen LogP contribution in [0.3, 0.4) is 0 Å². The van der Waals surface area contributed by atoms with E-state index in [9.17, 15) is 0 Å². The van der Waals surface area contributed by atoms with Crippen LogP contribution < -0.4 is 19.6 Å². The summed E-state index contributed by atoms with van der Waals surface area (Å²) in [6, 6.07) is 84.5. The molecule has 9 aromatic carbocycles. The Morgan fingerprint density at radius 1 is 0.481 bits per heavy atom. The molecule has 0 saturated carbocycles. The molecule has 1 aliphatic carbocycles. The van der Waals surface area contributed by atoms with Crippen molar-refractivity contribution >= 4 is 56.8 Å². The standard InChI is InChI=1S/C73H62N4/c1-4-5-19-53(2)55-31-41-64(42-32-55)75(63-40-30-54(3)74(61-23-11-7-12-24-61)71-28-17-15-22-60(71)39-49-63)65-43-35-58(36-44-65)59-37-47-67(48-38-59)76(66-45-33-57(34-46-66)56-20-9-6-10-21-56)68-50-51-73-70(52-68)69-27-16-18-29-72(69)77(73)62-25-13-8-14-26-62/h4-38,40-52,54,69,72H,39H2,1-3H3/b5-4-,40-30?,53-19+,63-49?. The molecular formula is C73H62N4. The smallest absolute Gasteiger partial charge is 0.0629 e. The summed E-state index contributed by atoms with van der Waals surface area (Å²) in [5.41, 5.74) is 21.2. The summed E-state index contributed by atoms with van der Waals surface area (Å²) in [5, 5.41) is 0. The predicted molar refractivity (Wildman–Crippen MR) is 328 cm³/mol. The van der Waals surface area contributed by atoms with Crippen LogP contribution in [-0.2, 0) is 6.42 Å². The number of fused-ring (bicyclic) bond motifs is 4. The lowest BCUT2D eigenvalue weighted by Crippen LogP contribution is -2.28. The maximum absolute atomic E-state index is 2.50. The predicted octanol–water partition coefficient (Wildman–Crippen LogP) is 19.6. The summed E-state index contributed by atoms with van der Waals surface area (Å²) in [4.78, 5) is 9.76. The molecule has 3 aliphatic rings. The second-order valence-electron chi connectivity index (χ2n) is 20.1. The van der Waals surface area contributed by atoms with Gasteiger partial charge in [-0.3, -0.25) is 0 Å². The van der Waals surface area contributed by atoms with Crippen molar-refractivity contribution < 1.29 is 0 Å². The van der Waals surface area contributed by atoms with Crippen LogP contribution in [0.5, 0.6) is 0 Å². The van der Waals surface area contributed by atoms with Gasteiger partial charge < -0.3 is 19.6 Å². The lowest BCUT2D eigenvalue weighted by Gasteiger charge is -2.31. The van der Waals surface area contributed by atoms with Gasteiger partial charge in [-0.2, -0.15) is 0 Å². The number of rotatable bonds is 12. The van der Waals surface area contributed by atoms with Gasteiger partial charge in [0.1, 0.15) is 0 Å². The van der Waals surface area contributed by atoms with Gasteiger partial charge in [0.05, 0.1) is 6.04 Å². The van der Waals surface area contributed by atoms with Crippen molar-refractivity contribution in [1.82, 2.24) is 0 Å². The van der Waals surface area contributed by atoms with E-state index in [4.69, 9.17) is 0 Å². The van der Waals surface area contributed by atoms with Crippen LogP contribution in [0.4, 0.5) is 51.2 Å². The summed E-state index contributed by atoms with van der Waals surface area (Å²) >= 11 is 0. The van der Waals surface area contributed by atoms with E-state index < -0.39 is 0 Å².